The van der Waals surface area contributed by atoms with Crippen LogP contribution in [0, 0.1) is 0 Å². The zero-order chi connectivity index (χ0) is 9.23. The fourth-order valence-electron chi connectivity index (χ4n) is 0.889. The lowest BCUT2D eigenvalue weighted by molar-refractivity contribution is 0.138. The molecule has 0 saturated carbocycles. The lowest BCUT2D eigenvalue weighted by Gasteiger charge is -2.18. The standard InChI is InChI=1S/C9H19NO2/c1-4-5-10(6-8-11-2)7-9-12-3/h4-5H,6-9H2,1-3H3/b5-4-. The average Bonchev–Trinajstić information content (AvgIpc) is 2.10. The van der Waals surface area contributed by atoms with Crippen molar-refractivity contribution in [1.29, 1.82) is 0 Å². The minimum atomic E-state index is 0.758. The number of hydrogen-bond donors (Lipinski definition) is 0. The minimum absolute atomic E-state index is 0.758. The first kappa shape index (κ1) is 11.5. The summed E-state index contributed by atoms with van der Waals surface area (Å²) in [5.74, 6) is 0. The maximum atomic E-state index is 4.98. The predicted molar refractivity (Wildman–Crippen MR) is 50.1 cm³/mol. The van der Waals surface area contributed by atoms with Crippen molar-refractivity contribution >= 4 is 0 Å². The Morgan fingerprint density at radius 1 is 1.08 bits per heavy atom. The molecule has 0 rings (SSSR count). The van der Waals surface area contributed by atoms with Crippen LogP contribution in [0.5, 0.6) is 0 Å². The van der Waals surface area contributed by atoms with Crippen LogP contribution in [0.3, 0.4) is 0 Å². The van der Waals surface area contributed by atoms with Crippen molar-refractivity contribution in [2.45, 2.75) is 6.92 Å². The van der Waals surface area contributed by atoms with Crippen LogP contribution in [0.15, 0.2) is 12.3 Å². The van der Waals surface area contributed by atoms with Gasteiger partial charge in [-0.1, -0.05) is 6.08 Å². The Morgan fingerprint density at radius 3 is 1.92 bits per heavy atom. The Labute approximate surface area is 75.0 Å². The number of rotatable bonds is 7. The van der Waals surface area contributed by atoms with E-state index in [1.165, 1.54) is 0 Å². The molecular weight excluding hydrogens is 154 g/mol. The predicted octanol–water partition coefficient (Wildman–Crippen LogP) is 1.11. The molecule has 0 saturated heterocycles. The van der Waals surface area contributed by atoms with Crippen LogP contribution in [0.4, 0.5) is 0 Å². The minimum Gasteiger partial charge on any atom is -0.383 e. The van der Waals surface area contributed by atoms with Gasteiger partial charge in [-0.15, -0.1) is 0 Å². The molecule has 0 bridgehead atoms. The highest BCUT2D eigenvalue weighted by Gasteiger charge is 1.96. The van der Waals surface area contributed by atoms with Crippen LogP contribution in [0.25, 0.3) is 0 Å². The van der Waals surface area contributed by atoms with Crippen LogP contribution in [-0.2, 0) is 9.47 Å². The monoisotopic (exact) mass is 173 g/mol. The molecule has 0 amide bonds. The summed E-state index contributed by atoms with van der Waals surface area (Å²) < 4.78 is 9.96. The van der Waals surface area contributed by atoms with E-state index in [9.17, 15) is 0 Å². The maximum Gasteiger partial charge on any atom is 0.0637 e. The Kier molecular flexibility index (Phi) is 8.17. The molecule has 0 aromatic rings. The SMILES string of the molecule is C/C=C\N(CCOC)CCOC. The Balaban J connectivity index is 3.54. The largest absolute Gasteiger partial charge is 0.383 e. The highest BCUT2D eigenvalue weighted by atomic mass is 16.5. The van der Waals surface area contributed by atoms with E-state index in [4.69, 9.17) is 9.47 Å². The van der Waals surface area contributed by atoms with E-state index < -0.39 is 0 Å². The van der Waals surface area contributed by atoms with E-state index in [1.54, 1.807) is 14.2 Å². The zero-order valence-electron chi connectivity index (χ0n) is 8.25. The molecule has 12 heavy (non-hydrogen) atoms. The Bertz CT molecular complexity index is 107. The molecule has 0 fully saturated rings. The third kappa shape index (κ3) is 6.19. The van der Waals surface area contributed by atoms with E-state index in [0.717, 1.165) is 26.3 Å². The van der Waals surface area contributed by atoms with Crippen molar-refractivity contribution in [2.75, 3.05) is 40.5 Å². The van der Waals surface area contributed by atoms with Gasteiger partial charge >= 0.3 is 0 Å². The number of methoxy groups -OCH3 is 2. The van der Waals surface area contributed by atoms with E-state index in [0.29, 0.717) is 0 Å². The van der Waals surface area contributed by atoms with Crippen molar-refractivity contribution < 1.29 is 9.47 Å². The quantitative estimate of drug-likeness (QED) is 0.575. The van der Waals surface area contributed by atoms with Crippen molar-refractivity contribution in [2.24, 2.45) is 0 Å². The summed E-state index contributed by atoms with van der Waals surface area (Å²) in [7, 11) is 3.42. The van der Waals surface area contributed by atoms with Gasteiger partial charge in [0, 0.05) is 27.3 Å². The number of hydrogen-bond acceptors (Lipinski definition) is 3. The molecule has 72 valence electrons. The van der Waals surface area contributed by atoms with Crippen LogP contribution in [0.1, 0.15) is 6.92 Å². The van der Waals surface area contributed by atoms with E-state index >= 15 is 0 Å². The third-order valence-corrected chi connectivity index (χ3v) is 1.53. The van der Waals surface area contributed by atoms with E-state index in [1.807, 2.05) is 13.0 Å². The molecule has 0 atom stereocenters. The summed E-state index contributed by atoms with van der Waals surface area (Å²) in [6, 6.07) is 0. The lowest BCUT2D eigenvalue weighted by atomic mass is 10.5. The summed E-state index contributed by atoms with van der Waals surface area (Å²) in [6.07, 6.45) is 4.07. The third-order valence-electron chi connectivity index (χ3n) is 1.53. The Hall–Kier alpha value is -0.540. The number of ether oxygens (including phenoxy) is 2. The first-order chi connectivity index (χ1) is 5.85. The average molecular weight is 173 g/mol. The van der Waals surface area contributed by atoms with Gasteiger partial charge in [0.05, 0.1) is 13.2 Å². The molecule has 0 spiro atoms. The summed E-state index contributed by atoms with van der Waals surface area (Å²) in [5.41, 5.74) is 0. The molecule has 0 radical (unpaired) electrons. The first-order valence-corrected chi connectivity index (χ1v) is 4.20. The molecule has 0 aromatic heterocycles. The van der Waals surface area contributed by atoms with Crippen molar-refractivity contribution in [3.05, 3.63) is 12.3 Å². The van der Waals surface area contributed by atoms with Gasteiger partial charge in [-0.2, -0.15) is 0 Å². The molecule has 0 unspecified atom stereocenters. The summed E-state index contributed by atoms with van der Waals surface area (Å²) in [6.45, 7) is 5.36. The van der Waals surface area contributed by atoms with Gasteiger partial charge in [-0.3, -0.25) is 0 Å². The smallest absolute Gasteiger partial charge is 0.0637 e. The zero-order valence-corrected chi connectivity index (χ0v) is 8.25. The van der Waals surface area contributed by atoms with Gasteiger partial charge < -0.3 is 14.4 Å². The second kappa shape index (κ2) is 8.56. The van der Waals surface area contributed by atoms with Gasteiger partial charge in [0.2, 0.25) is 0 Å². The topological polar surface area (TPSA) is 21.7 Å². The van der Waals surface area contributed by atoms with Gasteiger partial charge in [0.15, 0.2) is 0 Å². The molecule has 0 N–H and O–H groups in total. The summed E-state index contributed by atoms with van der Waals surface area (Å²) in [5, 5.41) is 0. The van der Waals surface area contributed by atoms with Crippen LogP contribution < -0.4 is 0 Å². The summed E-state index contributed by atoms with van der Waals surface area (Å²) >= 11 is 0. The van der Waals surface area contributed by atoms with Crippen molar-refractivity contribution in [3.8, 4) is 0 Å². The molecule has 3 heteroatoms. The normalized spacial score (nSPS) is 10.9. The van der Waals surface area contributed by atoms with Gasteiger partial charge in [0.1, 0.15) is 0 Å². The number of allylic oxidation sites excluding steroid dienone is 1. The Morgan fingerprint density at radius 2 is 1.58 bits per heavy atom. The second-order valence-electron chi connectivity index (χ2n) is 2.50. The highest BCUT2D eigenvalue weighted by molar-refractivity contribution is 4.78. The molecule has 3 nitrogen and oxygen atoms in total. The molecule has 0 heterocycles. The van der Waals surface area contributed by atoms with Crippen molar-refractivity contribution in [3.63, 3.8) is 0 Å². The van der Waals surface area contributed by atoms with Crippen LogP contribution in [-0.4, -0.2) is 45.4 Å². The van der Waals surface area contributed by atoms with Gasteiger partial charge in [0.25, 0.3) is 0 Å². The van der Waals surface area contributed by atoms with Crippen LogP contribution >= 0.6 is 0 Å². The lowest BCUT2D eigenvalue weighted by Crippen LogP contribution is -2.25. The maximum absolute atomic E-state index is 4.98. The fourth-order valence-corrected chi connectivity index (χ4v) is 0.889. The molecule has 0 aliphatic carbocycles. The summed E-state index contributed by atoms with van der Waals surface area (Å²) in [4.78, 5) is 2.17. The van der Waals surface area contributed by atoms with E-state index in [2.05, 4.69) is 11.1 Å². The fraction of sp³-hybridized carbons (Fsp3) is 0.778. The number of nitrogens with zero attached hydrogens (tertiary/aromatic N) is 1. The van der Waals surface area contributed by atoms with E-state index in [-0.39, 0.29) is 0 Å². The second-order valence-corrected chi connectivity index (χ2v) is 2.50. The van der Waals surface area contributed by atoms with Gasteiger partial charge in [-0.25, -0.2) is 0 Å². The van der Waals surface area contributed by atoms with Gasteiger partial charge in [-0.05, 0) is 13.1 Å². The highest BCUT2D eigenvalue weighted by Crippen LogP contribution is 1.90. The molecule has 0 aliphatic rings. The van der Waals surface area contributed by atoms with Crippen molar-refractivity contribution in [1.82, 2.24) is 4.90 Å². The molecule has 0 aliphatic heterocycles. The van der Waals surface area contributed by atoms with Crippen LogP contribution in [0.2, 0.25) is 0 Å². The first-order valence-electron chi connectivity index (χ1n) is 4.20. The molecular formula is C9H19NO2. The molecule has 0 aromatic carbocycles.